The first-order valence-corrected chi connectivity index (χ1v) is 5.99. The Bertz CT molecular complexity index is 431. The molecular formula is C11H12N2O2S. The summed E-state index contributed by atoms with van der Waals surface area (Å²) in [6.07, 6.45) is 0. The van der Waals surface area contributed by atoms with Crippen molar-refractivity contribution in [1.82, 2.24) is 0 Å². The Hall–Kier alpha value is -1.49. The van der Waals surface area contributed by atoms with E-state index in [0.717, 1.165) is 23.0 Å². The van der Waals surface area contributed by atoms with Gasteiger partial charge in [-0.25, -0.2) is 0 Å². The van der Waals surface area contributed by atoms with Crippen molar-refractivity contribution in [3.63, 3.8) is 0 Å². The van der Waals surface area contributed by atoms with Crippen molar-refractivity contribution in [1.29, 1.82) is 0 Å². The number of rotatable bonds is 2. The lowest BCUT2D eigenvalue weighted by molar-refractivity contribution is -0.424. The first-order chi connectivity index (χ1) is 7.70. The molecule has 0 radical (unpaired) electrons. The van der Waals surface area contributed by atoms with Crippen molar-refractivity contribution >= 4 is 17.4 Å². The zero-order chi connectivity index (χ0) is 11.5. The maximum atomic E-state index is 10.8. The first-order valence-electron chi connectivity index (χ1n) is 5.01. The molecule has 1 fully saturated rings. The molecule has 0 unspecified atom stereocenters. The lowest BCUT2D eigenvalue weighted by atomic mass is 10.3. The quantitative estimate of drug-likeness (QED) is 0.585. The van der Waals surface area contributed by atoms with Crippen molar-refractivity contribution in [2.24, 2.45) is 0 Å². The highest BCUT2D eigenvalue weighted by atomic mass is 32.2. The van der Waals surface area contributed by atoms with E-state index in [9.17, 15) is 10.1 Å². The molecule has 4 nitrogen and oxygen atoms in total. The summed E-state index contributed by atoms with van der Waals surface area (Å²) < 4.78 is 0. The number of benzene rings is 1. The Labute approximate surface area is 98.1 Å². The van der Waals surface area contributed by atoms with Gasteiger partial charge in [-0.1, -0.05) is 30.0 Å². The Morgan fingerprint density at radius 3 is 2.75 bits per heavy atom. The molecule has 1 aliphatic rings. The van der Waals surface area contributed by atoms with Crippen molar-refractivity contribution in [2.45, 2.75) is 6.92 Å². The van der Waals surface area contributed by atoms with Crippen LogP contribution in [0.2, 0.25) is 0 Å². The molecule has 0 spiro atoms. The van der Waals surface area contributed by atoms with E-state index in [-0.39, 0.29) is 10.6 Å². The van der Waals surface area contributed by atoms with Crippen molar-refractivity contribution in [2.75, 3.05) is 17.2 Å². The number of hydrogen-bond acceptors (Lipinski definition) is 4. The molecule has 0 aliphatic carbocycles. The van der Waals surface area contributed by atoms with Gasteiger partial charge in [0.15, 0.2) is 0 Å². The average Bonchev–Trinajstić information content (AvgIpc) is 2.77. The van der Waals surface area contributed by atoms with E-state index in [1.807, 2.05) is 35.2 Å². The molecule has 5 heteroatoms. The van der Waals surface area contributed by atoms with E-state index in [2.05, 4.69) is 0 Å². The van der Waals surface area contributed by atoms with E-state index >= 15 is 0 Å². The Morgan fingerprint density at radius 2 is 2.12 bits per heavy atom. The maximum absolute atomic E-state index is 10.8. The van der Waals surface area contributed by atoms with E-state index in [4.69, 9.17) is 0 Å². The van der Waals surface area contributed by atoms with Crippen LogP contribution in [0, 0.1) is 10.1 Å². The minimum atomic E-state index is -0.316. The summed E-state index contributed by atoms with van der Waals surface area (Å²) in [5.74, 6) is 0.898. The van der Waals surface area contributed by atoms with Gasteiger partial charge >= 0.3 is 0 Å². The third-order valence-corrected chi connectivity index (χ3v) is 3.63. The van der Waals surface area contributed by atoms with Crippen LogP contribution >= 0.6 is 11.8 Å². The Kier molecular flexibility index (Phi) is 3.14. The summed E-state index contributed by atoms with van der Waals surface area (Å²) >= 11 is 1.55. The van der Waals surface area contributed by atoms with Crippen molar-refractivity contribution < 1.29 is 4.92 Å². The molecule has 1 aromatic carbocycles. The normalized spacial score (nSPS) is 18.7. The fraction of sp³-hybridized carbons (Fsp3) is 0.273. The topological polar surface area (TPSA) is 46.4 Å². The lowest BCUT2D eigenvalue weighted by Gasteiger charge is -2.18. The lowest BCUT2D eigenvalue weighted by Crippen LogP contribution is -2.19. The first kappa shape index (κ1) is 11.0. The second-order valence-corrected chi connectivity index (χ2v) is 4.57. The summed E-state index contributed by atoms with van der Waals surface area (Å²) in [5.41, 5.74) is 1.25. The minimum Gasteiger partial charge on any atom is -0.330 e. The summed E-state index contributed by atoms with van der Waals surface area (Å²) in [6.45, 7) is 2.39. The van der Waals surface area contributed by atoms with E-state index in [1.54, 1.807) is 18.7 Å². The van der Waals surface area contributed by atoms with Gasteiger partial charge in [0, 0.05) is 24.9 Å². The number of thioether (sulfide) groups is 1. The predicted octanol–water partition coefficient (Wildman–Crippen LogP) is 2.71. The molecule has 1 aliphatic heterocycles. The van der Waals surface area contributed by atoms with E-state index in [0.29, 0.717) is 0 Å². The minimum absolute atomic E-state index is 0.228. The van der Waals surface area contributed by atoms with Gasteiger partial charge in [-0.05, 0) is 12.1 Å². The number of anilines is 1. The number of hydrogen-bond donors (Lipinski definition) is 0. The van der Waals surface area contributed by atoms with Gasteiger partial charge in [0.05, 0.1) is 4.92 Å². The number of nitrogens with zero attached hydrogens (tertiary/aromatic N) is 2. The van der Waals surface area contributed by atoms with Crippen LogP contribution in [-0.2, 0) is 0 Å². The third kappa shape index (κ3) is 2.04. The van der Waals surface area contributed by atoms with Gasteiger partial charge in [-0.2, -0.15) is 0 Å². The standard InChI is InChI=1S/C11H12N2O2S/c1-9(13(14)15)11-12(7-8-16-11)10-5-3-2-4-6-10/h2-6H,7-8H2,1H3. The predicted molar refractivity (Wildman–Crippen MR) is 65.9 cm³/mol. The zero-order valence-electron chi connectivity index (χ0n) is 8.92. The van der Waals surface area contributed by atoms with E-state index in [1.165, 1.54) is 0 Å². The van der Waals surface area contributed by atoms with Gasteiger partial charge < -0.3 is 4.90 Å². The molecular weight excluding hydrogens is 224 g/mol. The molecule has 0 atom stereocenters. The van der Waals surface area contributed by atoms with Crippen LogP contribution in [0.1, 0.15) is 6.92 Å². The number of para-hydroxylation sites is 1. The van der Waals surface area contributed by atoms with Crippen LogP contribution in [0.5, 0.6) is 0 Å². The Morgan fingerprint density at radius 1 is 1.44 bits per heavy atom. The van der Waals surface area contributed by atoms with Gasteiger partial charge in [0.25, 0.3) is 5.70 Å². The van der Waals surface area contributed by atoms with Gasteiger partial charge in [0.2, 0.25) is 0 Å². The highest BCUT2D eigenvalue weighted by Gasteiger charge is 2.26. The van der Waals surface area contributed by atoms with E-state index < -0.39 is 0 Å². The summed E-state index contributed by atoms with van der Waals surface area (Å²) in [6, 6.07) is 9.77. The monoisotopic (exact) mass is 236 g/mol. The van der Waals surface area contributed by atoms with Crippen LogP contribution in [0.3, 0.4) is 0 Å². The highest BCUT2D eigenvalue weighted by molar-refractivity contribution is 8.03. The summed E-state index contributed by atoms with van der Waals surface area (Å²) in [7, 11) is 0. The molecule has 2 rings (SSSR count). The summed E-state index contributed by atoms with van der Waals surface area (Å²) in [5, 5.41) is 11.5. The van der Waals surface area contributed by atoms with Gasteiger partial charge in [0.1, 0.15) is 5.03 Å². The molecule has 0 aromatic heterocycles. The third-order valence-electron chi connectivity index (χ3n) is 2.45. The average molecular weight is 236 g/mol. The smallest absolute Gasteiger partial charge is 0.273 e. The number of nitro groups is 1. The largest absolute Gasteiger partial charge is 0.330 e. The molecule has 16 heavy (non-hydrogen) atoms. The fourth-order valence-corrected chi connectivity index (χ4v) is 2.75. The molecule has 0 N–H and O–H groups in total. The van der Waals surface area contributed by atoms with Crippen LogP contribution in [0.4, 0.5) is 5.69 Å². The fourth-order valence-electron chi connectivity index (χ4n) is 1.65. The van der Waals surface area contributed by atoms with Crippen LogP contribution in [0.25, 0.3) is 0 Å². The van der Waals surface area contributed by atoms with Gasteiger partial charge in [-0.3, -0.25) is 10.1 Å². The van der Waals surface area contributed by atoms with Crippen LogP contribution < -0.4 is 4.90 Å². The van der Waals surface area contributed by atoms with Crippen molar-refractivity contribution in [3.8, 4) is 0 Å². The Balaban J connectivity index is 2.36. The van der Waals surface area contributed by atoms with Crippen LogP contribution in [-0.4, -0.2) is 17.2 Å². The molecule has 84 valence electrons. The zero-order valence-corrected chi connectivity index (χ0v) is 9.74. The second kappa shape index (κ2) is 4.57. The summed E-state index contributed by atoms with van der Waals surface area (Å²) in [4.78, 5) is 12.5. The molecule has 0 amide bonds. The second-order valence-electron chi connectivity index (χ2n) is 3.48. The molecule has 0 saturated carbocycles. The van der Waals surface area contributed by atoms with Gasteiger partial charge in [-0.15, -0.1) is 0 Å². The molecule has 1 saturated heterocycles. The molecule has 1 heterocycles. The molecule has 1 aromatic rings. The van der Waals surface area contributed by atoms with Crippen molar-refractivity contribution in [3.05, 3.63) is 51.2 Å². The highest BCUT2D eigenvalue weighted by Crippen LogP contribution is 2.34. The molecule has 0 bridgehead atoms. The SMILES string of the molecule is CC(=C1SCCN1c1ccccc1)[N+](=O)[O-]. The number of allylic oxidation sites excluding steroid dienone is 1. The van der Waals surface area contributed by atoms with Crippen LogP contribution in [0.15, 0.2) is 41.1 Å². The maximum Gasteiger partial charge on any atom is 0.273 e.